The van der Waals surface area contributed by atoms with Crippen molar-refractivity contribution in [3.8, 4) is 0 Å². The van der Waals surface area contributed by atoms with Crippen molar-refractivity contribution in [2.45, 2.75) is 20.4 Å². The Labute approximate surface area is 158 Å². The smallest absolute Gasteiger partial charge is 0.273 e. The summed E-state index contributed by atoms with van der Waals surface area (Å²) in [4.78, 5) is 25.8. The van der Waals surface area contributed by atoms with E-state index in [1.54, 1.807) is 24.0 Å². The topological polar surface area (TPSA) is 63.5 Å². The summed E-state index contributed by atoms with van der Waals surface area (Å²) in [6, 6.07) is 21.9. The lowest BCUT2D eigenvalue weighted by molar-refractivity contribution is -0.385. The molecule has 0 radical (unpaired) electrons. The van der Waals surface area contributed by atoms with Crippen LogP contribution in [0, 0.1) is 24.0 Å². The van der Waals surface area contributed by atoms with Crippen LogP contribution in [0.4, 0.5) is 11.4 Å². The quantitative estimate of drug-likeness (QED) is 0.472. The molecule has 0 aromatic heterocycles. The molecular weight excluding hydrogens is 340 g/mol. The normalized spacial score (nSPS) is 10.4. The van der Waals surface area contributed by atoms with Crippen LogP contribution in [0.25, 0.3) is 0 Å². The first-order valence-electron chi connectivity index (χ1n) is 8.64. The Balaban J connectivity index is 2.04. The van der Waals surface area contributed by atoms with Gasteiger partial charge in [-0.15, -0.1) is 0 Å². The van der Waals surface area contributed by atoms with Gasteiger partial charge in [0.2, 0.25) is 0 Å². The Morgan fingerprint density at radius 2 is 1.59 bits per heavy atom. The highest BCUT2D eigenvalue weighted by atomic mass is 16.6. The van der Waals surface area contributed by atoms with Crippen LogP contribution in [0.15, 0.2) is 72.8 Å². The van der Waals surface area contributed by atoms with Crippen LogP contribution in [0.2, 0.25) is 0 Å². The molecule has 1 amide bonds. The molecule has 5 heteroatoms. The number of nitro groups is 1. The van der Waals surface area contributed by atoms with Gasteiger partial charge in [0.25, 0.3) is 11.6 Å². The second kappa shape index (κ2) is 7.83. The number of carbonyl (C=O) groups excluding carboxylic acids is 1. The molecular formula is C22H20N2O3. The van der Waals surface area contributed by atoms with Crippen molar-refractivity contribution in [1.82, 2.24) is 0 Å². The van der Waals surface area contributed by atoms with Crippen molar-refractivity contribution in [1.29, 1.82) is 0 Å². The lowest BCUT2D eigenvalue weighted by Crippen LogP contribution is -2.31. The van der Waals surface area contributed by atoms with Gasteiger partial charge < -0.3 is 4.90 Å². The largest absolute Gasteiger partial charge is 0.304 e. The van der Waals surface area contributed by atoms with E-state index in [0.29, 0.717) is 17.7 Å². The number of rotatable bonds is 5. The van der Waals surface area contributed by atoms with E-state index in [1.165, 1.54) is 6.07 Å². The van der Waals surface area contributed by atoms with Crippen molar-refractivity contribution in [2.75, 3.05) is 4.90 Å². The van der Waals surface area contributed by atoms with Gasteiger partial charge in [0.15, 0.2) is 0 Å². The van der Waals surface area contributed by atoms with Crippen LogP contribution in [0.3, 0.4) is 0 Å². The zero-order valence-electron chi connectivity index (χ0n) is 15.3. The summed E-state index contributed by atoms with van der Waals surface area (Å²) in [6.07, 6.45) is 0. The number of aryl methyl sites for hydroxylation is 1. The van der Waals surface area contributed by atoms with E-state index < -0.39 is 4.92 Å². The molecule has 3 rings (SSSR count). The van der Waals surface area contributed by atoms with Crippen molar-refractivity contribution in [3.63, 3.8) is 0 Å². The fourth-order valence-electron chi connectivity index (χ4n) is 2.97. The van der Waals surface area contributed by atoms with E-state index in [1.807, 2.05) is 61.5 Å². The second-order valence-electron chi connectivity index (χ2n) is 6.42. The maximum absolute atomic E-state index is 13.3. The molecule has 136 valence electrons. The van der Waals surface area contributed by atoms with Crippen LogP contribution in [-0.4, -0.2) is 10.8 Å². The first kappa shape index (κ1) is 18.3. The molecule has 0 saturated carbocycles. The van der Waals surface area contributed by atoms with Gasteiger partial charge >= 0.3 is 0 Å². The maximum Gasteiger partial charge on any atom is 0.273 e. The minimum Gasteiger partial charge on any atom is -0.304 e. The van der Waals surface area contributed by atoms with E-state index >= 15 is 0 Å². The molecule has 3 aromatic rings. The van der Waals surface area contributed by atoms with Crippen molar-refractivity contribution >= 4 is 17.3 Å². The molecule has 0 unspecified atom stereocenters. The highest BCUT2D eigenvalue weighted by molar-refractivity contribution is 6.07. The number of amides is 1. The van der Waals surface area contributed by atoms with E-state index in [4.69, 9.17) is 0 Å². The number of nitro benzene ring substituents is 1. The fourth-order valence-corrected chi connectivity index (χ4v) is 2.97. The van der Waals surface area contributed by atoms with Gasteiger partial charge in [-0.3, -0.25) is 14.9 Å². The van der Waals surface area contributed by atoms with Crippen molar-refractivity contribution in [2.24, 2.45) is 0 Å². The SMILES string of the molecule is Cc1ccc(N(Cc2ccccc2)C(=O)c2cccc([N+](=O)[O-])c2C)cc1. The molecule has 3 aromatic carbocycles. The highest BCUT2D eigenvalue weighted by Crippen LogP contribution is 2.26. The predicted molar refractivity (Wildman–Crippen MR) is 106 cm³/mol. The van der Waals surface area contributed by atoms with Gasteiger partial charge in [-0.05, 0) is 37.6 Å². The molecule has 0 aliphatic carbocycles. The minimum absolute atomic E-state index is 0.0515. The summed E-state index contributed by atoms with van der Waals surface area (Å²) in [5.41, 5.74) is 3.48. The Hall–Kier alpha value is -3.47. The first-order valence-corrected chi connectivity index (χ1v) is 8.64. The standard InChI is InChI=1S/C22H20N2O3/c1-16-11-13-19(14-12-16)23(15-18-7-4-3-5-8-18)22(25)20-9-6-10-21(17(20)2)24(26)27/h3-14H,15H2,1-2H3. The average Bonchev–Trinajstić information content (AvgIpc) is 2.67. The number of carbonyl (C=O) groups is 1. The van der Waals surface area contributed by atoms with Crippen LogP contribution in [-0.2, 0) is 6.54 Å². The maximum atomic E-state index is 13.3. The molecule has 27 heavy (non-hydrogen) atoms. The molecule has 0 bridgehead atoms. The average molecular weight is 360 g/mol. The number of anilines is 1. The molecule has 0 heterocycles. The third kappa shape index (κ3) is 4.03. The lowest BCUT2D eigenvalue weighted by atomic mass is 10.0. The van der Waals surface area contributed by atoms with Crippen LogP contribution in [0.1, 0.15) is 27.0 Å². The molecule has 0 aliphatic heterocycles. The Bertz CT molecular complexity index is 967. The van der Waals surface area contributed by atoms with E-state index in [-0.39, 0.29) is 11.6 Å². The van der Waals surface area contributed by atoms with Crippen molar-refractivity contribution in [3.05, 3.63) is 105 Å². The fraction of sp³-hybridized carbons (Fsp3) is 0.136. The molecule has 0 aliphatic rings. The molecule has 5 nitrogen and oxygen atoms in total. The van der Waals surface area contributed by atoms with Gasteiger partial charge in [0.05, 0.1) is 11.5 Å². The molecule has 0 fully saturated rings. The third-order valence-corrected chi connectivity index (χ3v) is 4.51. The van der Waals surface area contributed by atoms with Crippen molar-refractivity contribution < 1.29 is 9.72 Å². The van der Waals surface area contributed by atoms with Gasteiger partial charge in [-0.1, -0.05) is 54.1 Å². The lowest BCUT2D eigenvalue weighted by Gasteiger charge is -2.24. The number of nitrogens with zero attached hydrogens (tertiary/aromatic N) is 2. The molecule has 0 N–H and O–H groups in total. The zero-order chi connectivity index (χ0) is 19.4. The van der Waals surface area contributed by atoms with E-state index in [9.17, 15) is 14.9 Å². The summed E-state index contributed by atoms with van der Waals surface area (Å²) in [6.45, 7) is 3.98. The third-order valence-electron chi connectivity index (χ3n) is 4.51. The van der Waals surface area contributed by atoms with Gasteiger partial charge in [-0.25, -0.2) is 0 Å². The van der Waals surface area contributed by atoms with Gasteiger partial charge in [0.1, 0.15) is 0 Å². The summed E-state index contributed by atoms with van der Waals surface area (Å²) in [5.74, 6) is -0.260. The van der Waals surface area contributed by atoms with Gasteiger partial charge in [0, 0.05) is 22.9 Å². The Morgan fingerprint density at radius 1 is 0.926 bits per heavy atom. The predicted octanol–water partition coefficient (Wildman–Crippen LogP) is 5.06. The second-order valence-corrected chi connectivity index (χ2v) is 6.42. The van der Waals surface area contributed by atoms with Crippen LogP contribution >= 0.6 is 0 Å². The number of benzene rings is 3. The summed E-state index contributed by atoms with van der Waals surface area (Å²) in [7, 11) is 0. The molecule has 0 saturated heterocycles. The Kier molecular flexibility index (Phi) is 5.31. The molecule has 0 atom stereocenters. The summed E-state index contributed by atoms with van der Waals surface area (Å²) < 4.78 is 0. The van der Waals surface area contributed by atoms with E-state index in [0.717, 1.165) is 16.8 Å². The summed E-state index contributed by atoms with van der Waals surface area (Å²) in [5, 5.41) is 11.2. The summed E-state index contributed by atoms with van der Waals surface area (Å²) >= 11 is 0. The number of hydrogen-bond donors (Lipinski definition) is 0. The van der Waals surface area contributed by atoms with Crippen LogP contribution < -0.4 is 4.90 Å². The number of hydrogen-bond acceptors (Lipinski definition) is 3. The first-order chi connectivity index (χ1) is 13.0. The minimum atomic E-state index is -0.459. The molecule has 0 spiro atoms. The van der Waals surface area contributed by atoms with Gasteiger partial charge in [-0.2, -0.15) is 0 Å². The Morgan fingerprint density at radius 3 is 2.22 bits per heavy atom. The highest BCUT2D eigenvalue weighted by Gasteiger charge is 2.23. The zero-order valence-corrected chi connectivity index (χ0v) is 15.3. The monoisotopic (exact) mass is 360 g/mol. The van der Waals surface area contributed by atoms with Crippen LogP contribution in [0.5, 0.6) is 0 Å². The van der Waals surface area contributed by atoms with E-state index in [2.05, 4.69) is 0 Å².